The number of thiophene rings is 1. The standard InChI is InChI=1S/C16H13ClFN3O3S/c17-10-7-9(1-2-11(10)18)8-19-13(22)3-5-21-15(23)14-12(4-6-25-14)20-16(21)24/h1-2,4,6-7H,3,5,8H2,(H,19,22)(H,20,24). The van der Waals surface area contributed by atoms with Crippen molar-refractivity contribution >= 4 is 39.1 Å². The summed E-state index contributed by atoms with van der Waals surface area (Å²) in [6.45, 7) is 0.145. The first-order valence-electron chi connectivity index (χ1n) is 7.36. The fourth-order valence-electron chi connectivity index (χ4n) is 2.33. The molecule has 25 heavy (non-hydrogen) atoms. The average Bonchev–Trinajstić information content (AvgIpc) is 3.04. The van der Waals surface area contributed by atoms with Crippen molar-refractivity contribution in [2.24, 2.45) is 0 Å². The maximum Gasteiger partial charge on any atom is 0.328 e. The van der Waals surface area contributed by atoms with Crippen LogP contribution in [0.2, 0.25) is 5.02 Å². The van der Waals surface area contributed by atoms with E-state index in [2.05, 4.69) is 10.3 Å². The lowest BCUT2D eigenvalue weighted by molar-refractivity contribution is -0.121. The Morgan fingerprint density at radius 1 is 1.32 bits per heavy atom. The Morgan fingerprint density at radius 3 is 2.88 bits per heavy atom. The quantitative estimate of drug-likeness (QED) is 0.711. The van der Waals surface area contributed by atoms with Gasteiger partial charge in [0.15, 0.2) is 0 Å². The van der Waals surface area contributed by atoms with Crippen molar-refractivity contribution in [3.05, 3.63) is 66.9 Å². The number of carbonyl (C=O) groups is 1. The number of rotatable bonds is 5. The van der Waals surface area contributed by atoms with Crippen molar-refractivity contribution in [1.82, 2.24) is 14.9 Å². The largest absolute Gasteiger partial charge is 0.352 e. The molecule has 1 aromatic carbocycles. The van der Waals surface area contributed by atoms with Crippen LogP contribution in [-0.4, -0.2) is 15.5 Å². The van der Waals surface area contributed by atoms with Crippen molar-refractivity contribution in [3.63, 3.8) is 0 Å². The summed E-state index contributed by atoms with van der Waals surface area (Å²) in [6.07, 6.45) is -0.0329. The molecule has 0 radical (unpaired) electrons. The lowest BCUT2D eigenvalue weighted by Gasteiger charge is -2.07. The van der Waals surface area contributed by atoms with Gasteiger partial charge >= 0.3 is 5.69 Å². The van der Waals surface area contributed by atoms with Gasteiger partial charge in [-0.05, 0) is 29.1 Å². The number of H-pyrrole nitrogens is 1. The van der Waals surface area contributed by atoms with Crippen LogP contribution in [0.5, 0.6) is 0 Å². The Bertz CT molecular complexity index is 1060. The molecule has 1 amide bonds. The van der Waals surface area contributed by atoms with Crippen LogP contribution in [0, 0.1) is 5.82 Å². The van der Waals surface area contributed by atoms with Crippen molar-refractivity contribution in [1.29, 1.82) is 0 Å². The van der Waals surface area contributed by atoms with Crippen molar-refractivity contribution in [2.45, 2.75) is 19.5 Å². The number of halogens is 2. The Hall–Kier alpha value is -2.45. The first kappa shape index (κ1) is 17.4. The zero-order valence-corrected chi connectivity index (χ0v) is 14.4. The minimum absolute atomic E-state index is 0.0194. The highest BCUT2D eigenvalue weighted by Gasteiger charge is 2.10. The summed E-state index contributed by atoms with van der Waals surface area (Å²) < 4.78 is 14.5. The van der Waals surface area contributed by atoms with Gasteiger partial charge < -0.3 is 10.3 Å². The molecule has 0 spiro atoms. The predicted molar refractivity (Wildman–Crippen MR) is 94.6 cm³/mol. The van der Waals surface area contributed by atoms with E-state index in [1.807, 2.05) is 0 Å². The molecule has 0 aliphatic heterocycles. The zero-order valence-electron chi connectivity index (χ0n) is 12.8. The van der Waals surface area contributed by atoms with Gasteiger partial charge in [0.2, 0.25) is 5.91 Å². The fourth-order valence-corrected chi connectivity index (χ4v) is 3.33. The summed E-state index contributed by atoms with van der Waals surface area (Å²) in [4.78, 5) is 38.7. The second-order valence-corrected chi connectivity index (χ2v) is 6.65. The number of amides is 1. The van der Waals surface area contributed by atoms with E-state index in [9.17, 15) is 18.8 Å². The Kier molecular flexibility index (Phi) is 5.00. The van der Waals surface area contributed by atoms with E-state index < -0.39 is 17.1 Å². The van der Waals surface area contributed by atoms with Crippen LogP contribution in [0.25, 0.3) is 10.2 Å². The van der Waals surface area contributed by atoms with Crippen LogP contribution in [0.4, 0.5) is 4.39 Å². The molecule has 0 aliphatic carbocycles. The van der Waals surface area contributed by atoms with Crippen molar-refractivity contribution < 1.29 is 9.18 Å². The number of hydrogen-bond acceptors (Lipinski definition) is 4. The van der Waals surface area contributed by atoms with Crippen LogP contribution in [0.15, 0.2) is 39.2 Å². The first-order valence-corrected chi connectivity index (χ1v) is 8.62. The minimum atomic E-state index is -0.547. The van der Waals surface area contributed by atoms with Gasteiger partial charge in [0.25, 0.3) is 5.56 Å². The molecule has 3 rings (SSSR count). The van der Waals surface area contributed by atoms with Crippen LogP contribution in [-0.2, 0) is 17.9 Å². The molecule has 0 saturated heterocycles. The highest BCUT2D eigenvalue weighted by molar-refractivity contribution is 7.17. The van der Waals surface area contributed by atoms with Gasteiger partial charge in [-0.25, -0.2) is 9.18 Å². The number of benzene rings is 1. The van der Waals surface area contributed by atoms with Gasteiger partial charge in [0.1, 0.15) is 10.5 Å². The maximum absolute atomic E-state index is 13.1. The first-order chi connectivity index (χ1) is 12.0. The Morgan fingerprint density at radius 2 is 2.12 bits per heavy atom. The average molecular weight is 382 g/mol. The second-order valence-electron chi connectivity index (χ2n) is 5.33. The van der Waals surface area contributed by atoms with Gasteiger partial charge in [-0.2, -0.15) is 0 Å². The van der Waals surface area contributed by atoms with Gasteiger partial charge in [-0.3, -0.25) is 14.2 Å². The molecule has 3 aromatic rings. The molecule has 2 N–H and O–H groups in total. The van der Waals surface area contributed by atoms with Crippen LogP contribution in [0.3, 0.4) is 0 Å². The molecule has 2 aromatic heterocycles. The van der Waals surface area contributed by atoms with Gasteiger partial charge in [0, 0.05) is 19.5 Å². The number of nitrogens with one attached hydrogen (secondary N) is 2. The third kappa shape index (κ3) is 3.80. The van der Waals surface area contributed by atoms with E-state index >= 15 is 0 Å². The van der Waals surface area contributed by atoms with E-state index in [0.717, 1.165) is 4.57 Å². The molecule has 0 bridgehead atoms. The van der Waals surface area contributed by atoms with E-state index in [4.69, 9.17) is 11.6 Å². The normalized spacial score (nSPS) is 11.0. The van der Waals surface area contributed by atoms with Gasteiger partial charge in [0.05, 0.1) is 10.5 Å². The Labute approximate surface area is 149 Å². The number of fused-ring (bicyclic) bond motifs is 1. The molecule has 0 saturated carbocycles. The number of aromatic nitrogens is 2. The molecular weight excluding hydrogens is 369 g/mol. The topological polar surface area (TPSA) is 84.0 Å². The summed E-state index contributed by atoms with van der Waals surface area (Å²) in [5.74, 6) is -0.864. The van der Waals surface area contributed by atoms with Crippen molar-refractivity contribution in [2.75, 3.05) is 0 Å². The fraction of sp³-hybridized carbons (Fsp3) is 0.188. The number of hydrogen-bond donors (Lipinski definition) is 2. The number of nitrogens with zero attached hydrogens (tertiary/aromatic N) is 1. The van der Waals surface area contributed by atoms with E-state index in [1.54, 1.807) is 11.4 Å². The SMILES string of the molecule is O=C(CCn1c(=O)[nH]c2ccsc2c1=O)NCc1ccc(F)c(Cl)c1. The van der Waals surface area contributed by atoms with Gasteiger partial charge in [-0.15, -0.1) is 11.3 Å². The minimum Gasteiger partial charge on any atom is -0.352 e. The van der Waals surface area contributed by atoms with Crippen LogP contribution >= 0.6 is 22.9 Å². The number of carbonyl (C=O) groups excluding carboxylic acids is 1. The molecular formula is C16H13ClFN3O3S. The highest BCUT2D eigenvalue weighted by atomic mass is 35.5. The smallest absolute Gasteiger partial charge is 0.328 e. The number of aromatic amines is 1. The summed E-state index contributed by atoms with van der Waals surface area (Å²) in [6, 6.07) is 5.82. The molecule has 2 heterocycles. The molecule has 0 atom stereocenters. The van der Waals surface area contributed by atoms with Crippen molar-refractivity contribution in [3.8, 4) is 0 Å². The maximum atomic E-state index is 13.1. The third-order valence-electron chi connectivity index (χ3n) is 3.63. The molecule has 0 unspecified atom stereocenters. The molecule has 9 heteroatoms. The third-order valence-corrected chi connectivity index (χ3v) is 4.82. The second kappa shape index (κ2) is 7.20. The molecule has 0 fully saturated rings. The van der Waals surface area contributed by atoms with E-state index in [1.165, 1.54) is 29.5 Å². The Balaban J connectivity index is 1.63. The molecule has 0 aliphatic rings. The summed E-state index contributed by atoms with van der Waals surface area (Å²) in [5, 5.41) is 4.34. The lowest BCUT2D eigenvalue weighted by Crippen LogP contribution is -2.36. The van der Waals surface area contributed by atoms with Crippen LogP contribution in [0.1, 0.15) is 12.0 Å². The van der Waals surface area contributed by atoms with Gasteiger partial charge in [-0.1, -0.05) is 17.7 Å². The van der Waals surface area contributed by atoms with E-state index in [0.29, 0.717) is 15.8 Å². The summed E-state index contributed by atoms with van der Waals surface area (Å²) >= 11 is 6.91. The summed E-state index contributed by atoms with van der Waals surface area (Å²) in [5.41, 5.74) is 0.185. The predicted octanol–water partition coefficient (Wildman–Crippen LogP) is 2.25. The highest BCUT2D eigenvalue weighted by Crippen LogP contribution is 2.16. The van der Waals surface area contributed by atoms with Crippen LogP contribution < -0.4 is 16.6 Å². The summed E-state index contributed by atoms with van der Waals surface area (Å²) in [7, 11) is 0. The van der Waals surface area contributed by atoms with E-state index in [-0.39, 0.29) is 30.4 Å². The lowest BCUT2D eigenvalue weighted by atomic mass is 10.2. The zero-order chi connectivity index (χ0) is 18.0. The molecule has 6 nitrogen and oxygen atoms in total. The molecule has 130 valence electrons. The monoisotopic (exact) mass is 381 g/mol.